The molecule has 1 aromatic rings. The molecule has 19 heavy (non-hydrogen) atoms. The lowest BCUT2D eigenvalue weighted by Gasteiger charge is -2.14. The highest BCUT2D eigenvalue weighted by Crippen LogP contribution is 2.03. The van der Waals surface area contributed by atoms with Crippen molar-refractivity contribution in [2.45, 2.75) is 12.7 Å². The van der Waals surface area contributed by atoms with Gasteiger partial charge in [-0.1, -0.05) is 35.4 Å². The van der Waals surface area contributed by atoms with Crippen LogP contribution in [0.5, 0.6) is 0 Å². The van der Waals surface area contributed by atoms with E-state index >= 15 is 0 Å². The second kappa shape index (κ2) is 8.93. The molecule has 0 heterocycles. The van der Waals surface area contributed by atoms with E-state index in [1.807, 2.05) is 30.3 Å². The molecule has 0 unspecified atom stereocenters. The molecular weight excluding hydrogens is 250 g/mol. The van der Waals surface area contributed by atoms with Gasteiger partial charge in [0, 0.05) is 4.91 Å². The fraction of sp³-hybridized carbons (Fsp3) is 0.417. The van der Waals surface area contributed by atoms with Crippen molar-refractivity contribution in [2.24, 2.45) is 5.11 Å². The summed E-state index contributed by atoms with van der Waals surface area (Å²) in [5.74, 6) is -1.08. The summed E-state index contributed by atoms with van der Waals surface area (Å²) in [6.45, 7) is 0.157. The van der Waals surface area contributed by atoms with Crippen LogP contribution in [0.25, 0.3) is 10.4 Å². The van der Waals surface area contributed by atoms with Crippen LogP contribution in [0.3, 0.4) is 0 Å². The third kappa shape index (κ3) is 7.05. The SMILES string of the molecule is [N-]=[N+]=NC[C@H](COCc1ccccc1)OCC(=O)O. The molecule has 0 saturated heterocycles. The third-order valence-electron chi connectivity index (χ3n) is 2.21. The van der Waals surface area contributed by atoms with E-state index in [1.165, 1.54) is 0 Å². The van der Waals surface area contributed by atoms with Gasteiger partial charge in [-0.2, -0.15) is 0 Å². The van der Waals surface area contributed by atoms with Gasteiger partial charge < -0.3 is 14.6 Å². The second-order valence-corrected chi connectivity index (χ2v) is 3.74. The van der Waals surface area contributed by atoms with Gasteiger partial charge in [-0.3, -0.25) is 0 Å². The summed E-state index contributed by atoms with van der Waals surface area (Å²) < 4.78 is 10.5. The summed E-state index contributed by atoms with van der Waals surface area (Å²) in [6, 6.07) is 9.54. The van der Waals surface area contributed by atoms with Crippen LogP contribution in [0.15, 0.2) is 35.4 Å². The molecule has 0 bridgehead atoms. The van der Waals surface area contributed by atoms with Gasteiger partial charge in [-0.15, -0.1) is 0 Å². The number of ether oxygens (including phenoxy) is 2. The molecule has 0 aliphatic heterocycles. The Kier molecular flexibility index (Phi) is 7.04. The Morgan fingerprint density at radius 3 is 2.79 bits per heavy atom. The first-order valence-corrected chi connectivity index (χ1v) is 5.68. The maximum Gasteiger partial charge on any atom is 0.329 e. The predicted molar refractivity (Wildman–Crippen MR) is 67.5 cm³/mol. The zero-order valence-electron chi connectivity index (χ0n) is 10.3. The van der Waals surface area contributed by atoms with Gasteiger partial charge in [0.15, 0.2) is 0 Å². The number of nitrogens with zero attached hydrogens (tertiary/aromatic N) is 3. The zero-order valence-corrected chi connectivity index (χ0v) is 10.3. The molecule has 0 spiro atoms. The molecule has 0 aliphatic rings. The first-order valence-electron chi connectivity index (χ1n) is 5.68. The van der Waals surface area contributed by atoms with Crippen molar-refractivity contribution in [2.75, 3.05) is 19.8 Å². The third-order valence-corrected chi connectivity index (χ3v) is 2.21. The number of hydrogen-bond acceptors (Lipinski definition) is 4. The molecule has 0 aliphatic carbocycles. The Morgan fingerprint density at radius 2 is 2.16 bits per heavy atom. The summed E-state index contributed by atoms with van der Waals surface area (Å²) in [5.41, 5.74) is 9.24. The van der Waals surface area contributed by atoms with Crippen molar-refractivity contribution >= 4 is 5.97 Å². The van der Waals surface area contributed by atoms with E-state index in [0.717, 1.165) is 5.56 Å². The van der Waals surface area contributed by atoms with Gasteiger partial charge in [0.05, 0.1) is 25.9 Å². The van der Waals surface area contributed by atoms with Crippen LogP contribution in [0.2, 0.25) is 0 Å². The summed E-state index contributed by atoms with van der Waals surface area (Å²) in [5, 5.41) is 11.9. The molecule has 7 heteroatoms. The predicted octanol–water partition coefficient (Wildman–Crippen LogP) is 1.98. The maximum atomic E-state index is 10.4. The lowest BCUT2D eigenvalue weighted by Crippen LogP contribution is -2.26. The molecule has 0 aromatic heterocycles. The standard InChI is InChI=1S/C12H15N3O4/c13-15-14-6-11(19-9-12(16)17)8-18-7-10-4-2-1-3-5-10/h1-5,11H,6-9H2,(H,16,17)/t11-/m1/s1. The zero-order chi connectivity index (χ0) is 13.9. The van der Waals surface area contributed by atoms with Crippen molar-refractivity contribution in [3.8, 4) is 0 Å². The van der Waals surface area contributed by atoms with E-state index in [1.54, 1.807) is 0 Å². The van der Waals surface area contributed by atoms with E-state index in [0.29, 0.717) is 6.61 Å². The topological polar surface area (TPSA) is 105 Å². The molecule has 1 atom stereocenters. The Bertz CT molecular complexity index is 432. The average Bonchev–Trinajstić information content (AvgIpc) is 2.42. The van der Waals surface area contributed by atoms with Crippen LogP contribution < -0.4 is 0 Å². The van der Waals surface area contributed by atoms with Gasteiger partial charge in [0.2, 0.25) is 0 Å². The Morgan fingerprint density at radius 1 is 1.42 bits per heavy atom. The van der Waals surface area contributed by atoms with E-state index < -0.39 is 18.7 Å². The van der Waals surface area contributed by atoms with Gasteiger partial charge >= 0.3 is 5.97 Å². The molecule has 0 fully saturated rings. The van der Waals surface area contributed by atoms with Gasteiger partial charge in [-0.05, 0) is 11.1 Å². The van der Waals surface area contributed by atoms with Crippen molar-refractivity contribution in [1.82, 2.24) is 0 Å². The number of rotatable bonds is 9. The van der Waals surface area contributed by atoms with Crippen LogP contribution in [0, 0.1) is 0 Å². The van der Waals surface area contributed by atoms with Crippen LogP contribution in [-0.2, 0) is 20.9 Å². The highest BCUT2D eigenvalue weighted by molar-refractivity contribution is 5.68. The van der Waals surface area contributed by atoms with Crippen molar-refractivity contribution in [3.63, 3.8) is 0 Å². The minimum absolute atomic E-state index is 0.0402. The lowest BCUT2D eigenvalue weighted by atomic mass is 10.2. The van der Waals surface area contributed by atoms with Crippen molar-refractivity contribution in [1.29, 1.82) is 0 Å². The van der Waals surface area contributed by atoms with Gasteiger partial charge in [0.25, 0.3) is 0 Å². The second-order valence-electron chi connectivity index (χ2n) is 3.74. The number of carboxylic acids is 1. The van der Waals surface area contributed by atoms with E-state index in [2.05, 4.69) is 10.0 Å². The highest BCUT2D eigenvalue weighted by Gasteiger charge is 2.10. The first-order chi connectivity index (χ1) is 9.22. The summed E-state index contributed by atoms with van der Waals surface area (Å²) in [6.07, 6.45) is -0.560. The summed E-state index contributed by atoms with van der Waals surface area (Å²) in [7, 11) is 0. The molecule has 0 amide bonds. The fourth-order valence-electron chi connectivity index (χ4n) is 1.35. The van der Waals surface area contributed by atoms with Crippen LogP contribution >= 0.6 is 0 Å². The summed E-state index contributed by atoms with van der Waals surface area (Å²) in [4.78, 5) is 13.0. The molecule has 0 saturated carbocycles. The quantitative estimate of drug-likeness (QED) is 0.418. The molecule has 1 N–H and O–H groups in total. The van der Waals surface area contributed by atoms with E-state index in [9.17, 15) is 4.79 Å². The number of carboxylic acid groups (broad SMARTS) is 1. The Labute approximate surface area is 110 Å². The molecular formula is C12H15N3O4. The number of benzene rings is 1. The van der Waals surface area contributed by atoms with Gasteiger partial charge in [0.1, 0.15) is 6.61 Å². The van der Waals surface area contributed by atoms with Gasteiger partial charge in [-0.25, -0.2) is 4.79 Å². The van der Waals surface area contributed by atoms with Crippen LogP contribution in [0.4, 0.5) is 0 Å². The average molecular weight is 265 g/mol. The molecule has 0 radical (unpaired) electrons. The van der Waals surface area contributed by atoms with Crippen molar-refractivity contribution in [3.05, 3.63) is 46.3 Å². The minimum atomic E-state index is -1.08. The lowest BCUT2D eigenvalue weighted by molar-refractivity contribution is -0.145. The number of hydrogen-bond donors (Lipinski definition) is 1. The normalized spacial score (nSPS) is 11.6. The Hall–Kier alpha value is -2.08. The molecule has 102 valence electrons. The van der Waals surface area contributed by atoms with Crippen LogP contribution in [0.1, 0.15) is 5.56 Å². The summed E-state index contributed by atoms with van der Waals surface area (Å²) >= 11 is 0. The van der Waals surface area contributed by atoms with E-state index in [4.69, 9.17) is 20.1 Å². The molecule has 1 rings (SSSR count). The molecule has 1 aromatic carbocycles. The highest BCUT2D eigenvalue weighted by atomic mass is 16.5. The fourth-order valence-corrected chi connectivity index (χ4v) is 1.35. The monoisotopic (exact) mass is 265 g/mol. The Balaban J connectivity index is 2.34. The maximum absolute atomic E-state index is 10.4. The number of azide groups is 1. The smallest absolute Gasteiger partial charge is 0.329 e. The first kappa shape index (κ1) is 15.0. The minimum Gasteiger partial charge on any atom is -0.480 e. The van der Waals surface area contributed by atoms with Crippen molar-refractivity contribution < 1.29 is 19.4 Å². The number of carbonyl (C=O) groups is 1. The van der Waals surface area contributed by atoms with E-state index in [-0.39, 0.29) is 13.2 Å². The van der Waals surface area contributed by atoms with Crippen LogP contribution in [-0.4, -0.2) is 36.9 Å². The molecule has 7 nitrogen and oxygen atoms in total. The largest absolute Gasteiger partial charge is 0.480 e. The number of aliphatic carboxylic acids is 1.